The number of urea groups is 1. The van der Waals surface area contributed by atoms with Crippen molar-refractivity contribution in [3.8, 4) is 0 Å². The number of rotatable bonds is 5. The van der Waals surface area contributed by atoms with Crippen LogP contribution in [0.1, 0.15) is 52.9 Å². The summed E-state index contributed by atoms with van der Waals surface area (Å²) in [4.78, 5) is 60.7. The maximum absolute atomic E-state index is 12.3. The number of ether oxygens (including phenoxy) is 1. The molecule has 150 valence electrons. The van der Waals surface area contributed by atoms with Crippen molar-refractivity contribution >= 4 is 29.7 Å². The van der Waals surface area contributed by atoms with Gasteiger partial charge in [-0.15, -0.1) is 0 Å². The number of fused-ring (bicyclic) bond motifs is 1. The van der Waals surface area contributed by atoms with E-state index < -0.39 is 30.1 Å². The Morgan fingerprint density at radius 1 is 1.07 bits per heavy atom. The molecule has 2 aliphatic rings. The first-order chi connectivity index (χ1) is 12.6. The van der Waals surface area contributed by atoms with Crippen LogP contribution in [0.3, 0.4) is 0 Å². The molecule has 0 bridgehead atoms. The van der Waals surface area contributed by atoms with Gasteiger partial charge in [0.15, 0.2) is 6.61 Å². The van der Waals surface area contributed by atoms with Gasteiger partial charge in [0.05, 0.1) is 18.3 Å². The molecule has 5 amide bonds. The van der Waals surface area contributed by atoms with Crippen LogP contribution in [-0.2, 0) is 23.9 Å². The average Bonchev–Trinajstić information content (AvgIpc) is 2.81. The SMILES string of the molecule is CC(C)(C)NC(=O)NC(=O)COC(=O)CCN1C(=O)C2CCCCC2C1=O. The lowest BCUT2D eigenvalue weighted by Gasteiger charge is -2.20. The first-order valence-electron chi connectivity index (χ1n) is 9.21. The van der Waals surface area contributed by atoms with Crippen molar-refractivity contribution in [1.29, 1.82) is 0 Å². The summed E-state index contributed by atoms with van der Waals surface area (Å²) in [5, 5.41) is 4.59. The van der Waals surface area contributed by atoms with E-state index >= 15 is 0 Å². The van der Waals surface area contributed by atoms with Crippen molar-refractivity contribution in [2.24, 2.45) is 11.8 Å². The minimum atomic E-state index is -0.760. The Hall–Kier alpha value is -2.45. The number of likely N-dealkylation sites (tertiary alicyclic amines) is 1. The van der Waals surface area contributed by atoms with Crippen LogP contribution in [0.25, 0.3) is 0 Å². The van der Waals surface area contributed by atoms with Gasteiger partial charge in [0, 0.05) is 12.1 Å². The highest BCUT2D eigenvalue weighted by molar-refractivity contribution is 6.05. The molecule has 1 saturated heterocycles. The average molecular weight is 381 g/mol. The standard InChI is InChI=1S/C18H27N3O6/c1-18(2,3)20-17(26)19-13(22)10-27-14(23)8-9-21-15(24)11-6-4-5-7-12(11)16(21)25/h11-12H,4-10H2,1-3H3,(H2,19,20,22,26). The van der Waals surface area contributed by atoms with E-state index in [-0.39, 0.29) is 36.6 Å². The summed E-state index contributed by atoms with van der Waals surface area (Å²) in [7, 11) is 0. The third kappa shape index (κ3) is 5.77. The number of hydrogen-bond acceptors (Lipinski definition) is 6. The van der Waals surface area contributed by atoms with Crippen molar-refractivity contribution in [3.05, 3.63) is 0 Å². The molecule has 1 heterocycles. The lowest BCUT2D eigenvalue weighted by atomic mass is 9.81. The highest BCUT2D eigenvalue weighted by Gasteiger charge is 2.47. The molecule has 0 spiro atoms. The summed E-state index contributed by atoms with van der Waals surface area (Å²) in [6.07, 6.45) is 3.13. The number of carbonyl (C=O) groups is 5. The molecule has 27 heavy (non-hydrogen) atoms. The zero-order chi connectivity index (χ0) is 20.2. The van der Waals surface area contributed by atoms with Crippen LogP contribution in [0.5, 0.6) is 0 Å². The Morgan fingerprint density at radius 2 is 1.63 bits per heavy atom. The molecule has 0 aromatic heterocycles. The van der Waals surface area contributed by atoms with Gasteiger partial charge >= 0.3 is 12.0 Å². The van der Waals surface area contributed by atoms with Crippen molar-refractivity contribution in [1.82, 2.24) is 15.5 Å². The second kappa shape index (κ2) is 8.49. The Kier molecular flexibility index (Phi) is 6.56. The molecule has 1 saturated carbocycles. The molecule has 9 heteroatoms. The summed E-state index contributed by atoms with van der Waals surface area (Å²) in [6.45, 7) is 4.62. The Labute approximate surface area is 158 Å². The summed E-state index contributed by atoms with van der Waals surface area (Å²) in [5.74, 6) is -2.41. The molecular formula is C18H27N3O6. The minimum Gasteiger partial charge on any atom is -0.456 e. The highest BCUT2D eigenvalue weighted by Crippen LogP contribution is 2.37. The molecule has 2 atom stereocenters. The van der Waals surface area contributed by atoms with Gasteiger partial charge in [0.1, 0.15) is 0 Å². The monoisotopic (exact) mass is 381 g/mol. The number of imide groups is 2. The van der Waals surface area contributed by atoms with E-state index in [1.165, 1.54) is 0 Å². The van der Waals surface area contributed by atoms with Crippen molar-refractivity contribution in [2.75, 3.05) is 13.2 Å². The van der Waals surface area contributed by atoms with E-state index in [0.29, 0.717) is 12.8 Å². The minimum absolute atomic E-state index is 0.0460. The maximum atomic E-state index is 12.3. The predicted molar refractivity (Wildman–Crippen MR) is 94.2 cm³/mol. The van der Waals surface area contributed by atoms with Gasteiger partial charge in [-0.1, -0.05) is 12.8 Å². The Balaban J connectivity index is 1.72. The predicted octanol–water partition coefficient (Wildman–Crippen LogP) is 0.719. The molecule has 1 aliphatic carbocycles. The molecule has 9 nitrogen and oxygen atoms in total. The molecule has 2 unspecified atom stereocenters. The highest BCUT2D eigenvalue weighted by atomic mass is 16.5. The Morgan fingerprint density at radius 3 is 2.15 bits per heavy atom. The van der Waals surface area contributed by atoms with Gasteiger partial charge in [-0.2, -0.15) is 0 Å². The Bertz CT molecular complexity index is 615. The van der Waals surface area contributed by atoms with Crippen LogP contribution in [0.2, 0.25) is 0 Å². The van der Waals surface area contributed by atoms with Crippen molar-refractivity contribution in [3.63, 3.8) is 0 Å². The molecule has 0 aromatic rings. The van der Waals surface area contributed by atoms with Gasteiger partial charge in [0.25, 0.3) is 5.91 Å². The molecule has 0 radical (unpaired) electrons. The summed E-state index contributed by atoms with van der Waals surface area (Å²) < 4.78 is 4.80. The molecule has 2 rings (SSSR count). The van der Waals surface area contributed by atoms with E-state index in [4.69, 9.17) is 4.74 Å². The van der Waals surface area contributed by atoms with Crippen LogP contribution in [0.15, 0.2) is 0 Å². The molecule has 2 N–H and O–H groups in total. The fourth-order valence-corrected chi connectivity index (χ4v) is 3.41. The number of nitrogens with zero attached hydrogens (tertiary/aromatic N) is 1. The number of hydrogen-bond donors (Lipinski definition) is 2. The fourth-order valence-electron chi connectivity index (χ4n) is 3.41. The van der Waals surface area contributed by atoms with E-state index in [2.05, 4.69) is 10.6 Å². The summed E-state index contributed by atoms with van der Waals surface area (Å²) >= 11 is 0. The van der Waals surface area contributed by atoms with Crippen LogP contribution in [-0.4, -0.2) is 53.3 Å². The molecule has 0 aromatic carbocycles. The quantitative estimate of drug-likeness (QED) is 0.534. The first-order valence-corrected chi connectivity index (χ1v) is 9.21. The summed E-state index contributed by atoms with van der Waals surface area (Å²) in [5.41, 5.74) is -0.507. The zero-order valence-electron chi connectivity index (χ0n) is 16.0. The molecule has 2 fully saturated rings. The van der Waals surface area contributed by atoms with E-state index in [1.54, 1.807) is 20.8 Å². The van der Waals surface area contributed by atoms with Crippen LogP contribution >= 0.6 is 0 Å². The fraction of sp³-hybridized carbons (Fsp3) is 0.722. The second-order valence-corrected chi connectivity index (χ2v) is 7.99. The largest absolute Gasteiger partial charge is 0.456 e. The van der Waals surface area contributed by atoms with Gasteiger partial charge in [-0.25, -0.2) is 4.79 Å². The van der Waals surface area contributed by atoms with Crippen LogP contribution in [0, 0.1) is 11.8 Å². The lowest BCUT2D eigenvalue weighted by Crippen LogP contribution is -2.49. The lowest BCUT2D eigenvalue weighted by molar-refractivity contribution is -0.149. The van der Waals surface area contributed by atoms with Gasteiger partial charge in [-0.3, -0.25) is 29.4 Å². The number of carbonyl (C=O) groups excluding carboxylic acids is 5. The molecule has 1 aliphatic heterocycles. The second-order valence-electron chi connectivity index (χ2n) is 7.99. The van der Waals surface area contributed by atoms with Crippen molar-refractivity contribution in [2.45, 2.75) is 58.4 Å². The van der Waals surface area contributed by atoms with E-state index in [9.17, 15) is 24.0 Å². The smallest absolute Gasteiger partial charge is 0.321 e. The zero-order valence-corrected chi connectivity index (χ0v) is 16.0. The molecular weight excluding hydrogens is 354 g/mol. The van der Waals surface area contributed by atoms with Crippen LogP contribution in [0.4, 0.5) is 4.79 Å². The number of esters is 1. The third-order valence-electron chi connectivity index (χ3n) is 4.58. The number of amides is 5. The number of nitrogens with one attached hydrogen (secondary N) is 2. The normalized spacial score (nSPS) is 22.3. The summed E-state index contributed by atoms with van der Waals surface area (Å²) in [6, 6.07) is -0.681. The van der Waals surface area contributed by atoms with Crippen molar-refractivity contribution < 1.29 is 28.7 Å². The van der Waals surface area contributed by atoms with E-state index in [1.807, 2.05) is 0 Å². The topological polar surface area (TPSA) is 122 Å². The van der Waals surface area contributed by atoms with Gasteiger partial charge < -0.3 is 10.1 Å². The van der Waals surface area contributed by atoms with Gasteiger partial charge in [0.2, 0.25) is 11.8 Å². The maximum Gasteiger partial charge on any atom is 0.321 e. The van der Waals surface area contributed by atoms with Gasteiger partial charge in [-0.05, 0) is 33.6 Å². The third-order valence-corrected chi connectivity index (χ3v) is 4.58. The first kappa shape index (κ1) is 20.9. The van der Waals surface area contributed by atoms with Crippen LogP contribution < -0.4 is 10.6 Å². The van der Waals surface area contributed by atoms with E-state index in [0.717, 1.165) is 17.7 Å².